The molecule has 1 aliphatic heterocycles. The summed E-state index contributed by atoms with van der Waals surface area (Å²) in [5.41, 5.74) is 1.52. The van der Waals surface area contributed by atoms with Gasteiger partial charge in [-0.1, -0.05) is 18.2 Å². The van der Waals surface area contributed by atoms with Crippen LogP contribution >= 0.6 is 0 Å². The van der Waals surface area contributed by atoms with Gasteiger partial charge in [-0.05, 0) is 61.0 Å². The van der Waals surface area contributed by atoms with Crippen LogP contribution in [0.4, 0.5) is 5.69 Å². The van der Waals surface area contributed by atoms with E-state index in [1.165, 1.54) is 18.1 Å². The molecule has 1 atom stereocenters. The lowest BCUT2D eigenvalue weighted by Crippen LogP contribution is -2.29. The predicted octanol–water partition coefficient (Wildman–Crippen LogP) is 4.43. The first-order valence-corrected chi connectivity index (χ1v) is 11.0. The zero-order chi connectivity index (χ0) is 24.7. The van der Waals surface area contributed by atoms with Crippen LogP contribution in [0.1, 0.15) is 45.0 Å². The Hall–Kier alpha value is -4.59. The Kier molecular flexibility index (Phi) is 5.49. The fraction of sp³-hybridized carbons (Fsp3) is 0.148. The molecule has 4 aromatic rings. The van der Waals surface area contributed by atoms with Crippen molar-refractivity contribution < 1.29 is 28.6 Å². The molecule has 1 amide bonds. The van der Waals surface area contributed by atoms with Gasteiger partial charge in [0.2, 0.25) is 5.76 Å². The van der Waals surface area contributed by atoms with Crippen LogP contribution in [0.2, 0.25) is 0 Å². The van der Waals surface area contributed by atoms with E-state index >= 15 is 0 Å². The van der Waals surface area contributed by atoms with Gasteiger partial charge in [0, 0.05) is 5.69 Å². The topological polar surface area (TPSA) is 106 Å². The van der Waals surface area contributed by atoms with Crippen LogP contribution in [-0.2, 0) is 4.74 Å². The smallest absolute Gasteiger partial charge is 0.338 e. The van der Waals surface area contributed by atoms with E-state index in [0.29, 0.717) is 27.8 Å². The van der Waals surface area contributed by atoms with Gasteiger partial charge in [0.25, 0.3) is 5.91 Å². The number of carbonyl (C=O) groups excluding carboxylic acids is 2. The molecule has 3 aromatic carbocycles. The number of phenolic OH excluding ortho intramolecular Hbond substituents is 1. The number of para-hydroxylation sites is 1. The summed E-state index contributed by atoms with van der Waals surface area (Å²) in [5.74, 6) is -0.898. The third-order valence-corrected chi connectivity index (χ3v) is 5.95. The fourth-order valence-corrected chi connectivity index (χ4v) is 4.34. The number of aromatic hydroxyl groups is 1. The van der Waals surface area contributed by atoms with Crippen LogP contribution in [-0.4, -0.2) is 30.7 Å². The number of nitrogens with zero attached hydrogens (tertiary/aromatic N) is 1. The number of hydrogen-bond acceptors (Lipinski definition) is 7. The average Bonchev–Trinajstić information content (AvgIpc) is 3.17. The molecule has 0 saturated heterocycles. The number of carbonyl (C=O) groups is 2. The average molecular weight is 471 g/mol. The Morgan fingerprint density at radius 3 is 2.51 bits per heavy atom. The molecular weight excluding hydrogens is 450 g/mol. The number of fused-ring (bicyclic) bond motifs is 2. The summed E-state index contributed by atoms with van der Waals surface area (Å²) < 4.78 is 16.2. The Morgan fingerprint density at radius 1 is 1.06 bits per heavy atom. The molecule has 8 nitrogen and oxygen atoms in total. The van der Waals surface area contributed by atoms with Gasteiger partial charge in [0.1, 0.15) is 5.58 Å². The standard InChI is InChI=1S/C27H21NO7/c1-3-34-27(32)15-8-11-17(12-9-15)28-23(16-10-13-19(29)21(14-16)33-2)22-24(30)18-6-4-5-7-20(18)35-25(22)26(28)31/h4-14,23,29H,3H2,1-2H3. The van der Waals surface area contributed by atoms with Crippen molar-refractivity contribution in [2.24, 2.45) is 0 Å². The molecule has 0 spiro atoms. The number of amides is 1. The molecule has 176 valence electrons. The SMILES string of the molecule is CCOC(=O)c1ccc(N2C(=O)c3oc4ccccc4c(=O)c3C2c2ccc(O)c(OC)c2)cc1. The molecule has 2 heterocycles. The van der Waals surface area contributed by atoms with Crippen molar-refractivity contribution in [3.8, 4) is 11.5 Å². The van der Waals surface area contributed by atoms with Gasteiger partial charge in [-0.2, -0.15) is 0 Å². The summed E-state index contributed by atoms with van der Waals surface area (Å²) in [4.78, 5) is 40.8. The van der Waals surface area contributed by atoms with Crippen molar-refractivity contribution in [1.82, 2.24) is 0 Å². The largest absolute Gasteiger partial charge is 0.504 e. The minimum Gasteiger partial charge on any atom is -0.504 e. The van der Waals surface area contributed by atoms with Crippen LogP contribution in [0.5, 0.6) is 11.5 Å². The third-order valence-electron chi connectivity index (χ3n) is 5.95. The lowest BCUT2D eigenvalue weighted by atomic mass is 9.97. The second-order valence-electron chi connectivity index (χ2n) is 7.95. The van der Waals surface area contributed by atoms with E-state index in [-0.39, 0.29) is 34.9 Å². The van der Waals surface area contributed by atoms with Gasteiger partial charge < -0.3 is 19.0 Å². The Labute approximate surface area is 199 Å². The van der Waals surface area contributed by atoms with Crippen LogP contribution in [0.25, 0.3) is 11.0 Å². The highest BCUT2D eigenvalue weighted by Gasteiger charge is 2.44. The maximum absolute atomic E-state index is 13.6. The molecule has 8 heteroatoms. The molecule has 0 radical (unpaired) electrons. The summed E-state index contributed by atoms with van der Waals surface area (Å²) in [6.07, 6.45) is 0. The summed E-state index contributed by atoms with van der Waals surface area (Å²) in [7, 11) is 1.42. The van der Waals surface area contributed by atoms with Crippen molar-refractivity contribution in [1.29, 1.82) is 0 Å². The van der Waals surface area contributed by atoms with Crippen molar-refractivity contribution in [3.63, 3.8) is 0 Å². The van der Waals surface area contributed by atoms with Crippen molar-refractivity contribution >= 4 is 28.5 Å². The van der Waals surface area contributed by atoms with Crippen LogP contribution in [0.15, 0.2) is 75.9 Å². The lowest BCUT2D eigenvalue weighted by Gasteiger charge is -2.25. The molecule has 0 aliphatic carbocycles. The summed E-state index contributed by atoms with van der Waals surface area (Å²) in [6, 6.07) is 16.9. The Bertz CT molecular complexity index is 1520. The molecule has 0 saturated carbocycles. The first kappa shape index (κ1) is 22.2. The van der Waals surface area contributed by atoms with E-state index in [2.05, 4.69) is 0 Å². The number of methoxy groups -OCH3 is 1. The Balaban J connectivity index is 1.72. The van der Waals surface area contributed by atoms with Crippen molar-refractivity contribution in [2.75, 3.05) is 18.6 Å². The highest BCUT2D eigenvalue weighted by atomic mass is 16.5. The summed E-state index contributed by atoms with van der Waals surface area (Å²) in [5, 5.41) is 10.5. The fourth-order valence-electron chi connectivity index (χ4n) is 4.34. The minimum absolute atomic E-state index is 0.0554. The number of anilines is 1. The molecule has 0 fully saturated rings. The first-order chi connectivity index (χ1) is 16.9. The zero-order valence-corrected chi connectivity index (χ0v) is 19.0. The van der Waals surface area contributed by atoms with Crippen LogP contribution in [0, 0.1) is 0 Å². The van der Waals surface area contributed by atoms with E-state index in [0.717, 1.165) is 0 Å². The van der Waals surface area contributed by atoms with E-state index in [9.17, 15) is 19.5 Å². The third kappa shape index (κ3) is 3.59. The van der Waals surface area contributed by atoms with Gasteiger partial charge in [0.05, 0.1) is 36.3 Å². The molecule has 1 aliphatic rings. The number of hydrogen-bond donors (Lipinski definition) is 1. The second-order valence-corrected chi connectivity index (χ2v) is 7.95. The van der Waals surface area contributed by atoms with Crippen molar-refractivity contribution in [3.05, 3.63) is 99.4 Å². The monoisotopic (exact) mass is 471 g/mol. The Morgan fingerprint density at radius 2 is 1.80 bits per heavy atom. The van der Waals surface area contributed by atoms with Gasteiger partial charge in [-0.3, -0.25) is 14.5 Å². The maximum atomic E-state index is 13.6. The quantitative estimate of drug-likeness (QED) is 0.429. The van der Waals surface area contributed by atoms with Gasteiger partial charge in [-0.25, -0.2) is 4.79 Å². The van der Waals surface area contributed by atoms with Gasteiger partial charge >= 0.3 is 5.97 Å². The van der Waals surface area contributed by atoms with E-state index in [4.69, 9.17) is 13.9 Å². The number of esters is 1. The molecule has 1 N–H and O–H groups in total. The van der Waals surface area contributed by atoms with Gasteiger partial charge in [0.15, 0.2) is 16.9 Å². The van der Waals surface area contributed by atoms with E-state index < -0.39 is 17.9 Å². The molecule has 1 aromatic heterocycles. The second kappa shape index (κ2) is 8.64. The normalized spacial score (nSPS) is 14.7. The zero-order valence-electron chi connectivity index (χ0n) is 19.0. The number of phenols is 1. The molecule has 5 rings (SSSR count). The summed E-state index contributed by atoms with van der Waals surface area (Å²) in [6.45, 7) is 1.96. The molecule has 0 bridgehead atoms. The molecule has 1 unspecified atom stereocenters. The number of ether oxygens (including phenoxy) is 2. The number of rotatable bonds is 5. The highest BCUT2D eigenvalue weighted by Crippen LogP contribution is 2.43. The van der Waals surface area contributed by atoms with E-state index in [1.807, 2.05) is 0 Å². The number of benzene rings is 3. The van der Waals surface area contributed by atoms with Crippen molar-refractivity contribution in [2.45, 2.75) is 13.0 Å². The lowest BCUT2D eigenvalue weighted by molar-refractivity contribution is 0.0526. The first-order valence-electron chi connectivity index (χ1n) is 11.0. The predicted molar refractivity (Wildman–Crippen MR) is 128 cm³/mol. The highest BCUT2D eigenvalue weighted by molar-refractivity contribution is 6.10. The van der Waals surface area contributed by atoms with Crippen LogP contribution in [0.3, 0.4) is 0 Å². The van der Waals surface area contributed by atoms with E-state index in [1.54, 1.807) is 67.6 Å². The minimum atomic E-state index is -0.846. The van der Waals surface area contributed by atoms with Gasteiger partial charge in [-0.15, -0.1) is 0 Å². The maximum Gasteiger partial charge on any atom is 0.338 e. The molecule has 35 heavy (non-hydrogen) atoms. The summed E-state index contributed by atoms with van der Waals surface area (Å²) >= 11 is 0. The van der Waals surface area contributed by atoms with Crippen LogP contribution < -0.4 is 15.1 Å². The molecular formula is C27H21NO7.